The number of aromatic nitrogens is 3. The van der Waals surface area contributed by atoms with Crippen molar-refractivity contribution >= 4 is 44.9 Å². The number of hydrogen-bond acceptors (Lipinski definition) is 5. The second kappa shape index (κ2) is 8.09. The molecule has 0 saturated carbocycles. The molecule has 2 aromatic heterocycles. The molecule has 0 aliphatic rings. The van der Waals surface area contributed by atoms with E-state index in [1.165, 1.54) is 41.2 Å². The van der Waals surface area contributed by atoms with Crippen LogP contribution in [-0.4, -0.2) is 20.0 Å². The van der Waals surface area contributed by atoms with E-state index in [0.717, 1.165) is 4.57 Å². The topological polar surface area (TPSA) is 86.0 Å². The maximum Gasteiger partial charge on any atom is 0.330 e. The van der Waals surface area contributed by atoms with Crippen LogP contribution < -0.4 is 16.6 Å². The summed E-state index contributed by atoms with van der Waals surface area (Å²) in [5.74, 6) is -0.814. The van der Waals surface area contributed by atoms with Crippen LogP contribution in [0.2, 0.25) is 5.02 Å². The van der Waals surface area contributed by atoms with Crippen molar-refractivity contribution in [3.05, 3.63) is 79.0 Å². The van der Waals surface area contributed by atoms with E-state index in [4.69, 9.17) is 11.6 Å². The van der Waals surface area contributed by atoms with Gasteiger partial charge >= 0.3 is 5.69 Å². The van der Waals surface area contributed by atoms with Crippen LogP contribution in [0.15, 0.2) is 51.4 Å². The maximum absolute atomic E-state index is 13.3. The molecule has 4 rings (SSSR count). The first-order chi connectivity index (χ1) is 14.8. The van der Waals surface area contributed by atoms with E-state index in [1.807, 2.05) is 0 Å². The first-order valence-corrected chi connectivity index (χ1v) is 10.4. The number of hydrogen-bond donors (Lipinski definition) is 1. The number of aryl methyl sites for hydroxylation is 1. The molecule has 2 heterocycles. The molecule has 0 bridgehead atoms. The van der Waals surface area contributed by atoms with E-state index in [-0.39, 0.29) is 17.4 Å². The number of thiazole rings is 1. The summed E-state index contributed by atoms with van der Waals surface area (Å²) in [4.78, 5) is 41.8. The van der Waals surface area contributed by atoms with Crippen LogP contribution in [0.3, 0.4) is 0 Å². The quantitative estimate of drug-likeness (QED) is 0.508. The lowest BCUT2D eigenvalue weighted by Crippen LogP contribution is -2.37. The van der Waals surface area contributed by atoms with Gasteiger partial charge in [0.1, 0.15) is 5.82 Å². The standard InChI is InChI=1S/C21H16ClFN4O3S/c1-26-16-5-3-4-11(18(16)19(29)27(2)21(26)30)8-17(28)25-20-24-15(10-31-20)13-7-6-12(23)9-14(13)22/h3-7,9-10H,8H2,1-2H3,(H,24,25,28). The van der Waals surface area contributed by atoms with Gasteiger partial charge in [-0.05, 0) is 29.8 Å². The van der Waals surface area contributed by atoms with E-state index in [2.05, 4.69) is 10.3 Å². The molecule has 0 unspecified atom stereocenters. The second-order valence-corrected chi connectivity index (χ2v) is 8.17. The Morgan fingerprint density at radius 3 is 2.71 bits per heavy atom. The predicted octanol–water partition coefficient (Wildman–Crippen LogP) is 3.33. The number of amides is 1. The van der Waals surface area contributed by atoms with Gasteiger partial charge in [0.15, 0.2) is 5.13 Å². The molecule has 0 aliphatic heterocycles. The summed E-state index contributed by atoms with van der Waals surface area (Å²) >= 11 is 7.28. The number of carbonyl (C=O) groups excluding carboxylic acids is 1. The van der Waals surface area contributed by atoms with Crippen molar-refractivity contribution in [2.75, 3.05) is 5.32 Å². The van der Waals surface area contributed by atoms with E-state index in [0.29, 0.717) is 32.9 Å². The molecular formula is C21H16ClFN4O3S. The number of carbonyl (C=O) groups is 1. The van der Waals surface area contributed by atoms with Gasteiger partial charge in [-0.25, -0.2) is 14.2 Å². The molecule has 0 atom stereocenters. The molecule has 158 valence electrons. The Kier molecular flexibility index (Phi) is 5.47. The molecule has 0 spiro atoms. The van der Waals surface area contributed by atoms with Gasteiger partial charge in [0.05, 0.1) is 28.0 Å². The molecule has 10 heteroatoms. The minimum absolute atomic E-state index is 0.0724. The minimum atomic E-state index is -0.455. The summed E-state index contributed by atoms with van der Waals surface area (Å²) in [5, 5.41) is 5.31. The lowest BCUT2D eigenvalue weighted by atomic mass is 10.1. The van der Waals surface area contributed by atoms with E-state index in [9.17, 15) is 18.8 Å². The number of anilines is 1. The van der Waals surface area contributed by atoms with Gasteiger partial charge in [0, 0.05) is 25.0 Å². The summed E-state index contributed by atoms with van der Waals surface area (Å²) in [7, 11) is 2.98. The number of fused-ring (bicyclic) bond motifs is 1. The zero-order chi connectivity index (χ0) is 22.3. The van der Waals surface area contributed by atoms with Crippen molar-refractivity contribution < 1.29 is 9.18 Å². The maximum atomic E-state index is 13.3. The van der Waals surface area contributed by atoms with Crippen molar-refractivity contribution in [3.63, 3.8) is 0 Å². The summed E-state index contributed by atoms with van der Waals surface area (Å²) in [5.41, 5.74) is 1.14. The molecule has 2 aromatic carbocycles. The summed E-state index contributed by atoms with van der Waals surface area (Å²) < 4.78 is 15.6. The molecule has 7 nitrogen and oxygen atoms in total. The highest BCUT2D eigenvalue weighted by molar-refractivity contribution is 7.14. The third-order valence-corrected chi connectivity index (χ3v) is 5.96. The zero-order valence-corrected chi connectivity index (χ0v) is 18.1. The van der Waals surface area contributed by atoms with Crippen LogP contribution in [-0.2, 0) is 25.3 Å². The van der Waals surface area contributed by atoms with Gasteiger partial charge in [0.2, 0.25) is 5.91 Å². The van der Waals surface area contributed by atoms with Crippen molar-refractivity contribution in [2.24, 2.45) is 14.1 Å². The lowest BCUT2D eigenvalue weighted by Gasteiger charge is -2.11. The van der Waals surface area contributed by atoms with Gasteiger partial charge in [-0.15, -0.1) is 11.3 Å². The fraction of sp³-hybridized carbons (Fsp3) is 0.143. The molecule has 0 saturated heterocycles. The van der Waals surface area contributed by atoms with Crippen LogP contribution in [0, 0.1) is 5.82 Å². The molecule has 0 radical (unpaired) electrons. The summed E-state index contributed by atoms with van der Waals surface area (Å²) in [6.45, 7) is 0. The normalized spacial score (nSPS) is 11.1. The van der Waals surface area contributed by atoms with Crippen LogP contribution in [0.25, 0.3) is 22.2 Å². The fourth-order valence-corrected chi connectivity index (χ4v) is 4.32. The largest absolute Gasteiger partial charge is 0.330 e. The molecule has 0 aliphatic carbocycles. The predicted molar refractivity (Wildman–Crippen MR) is 119 cm³/mol. The van der Waals surface area contributed by atoms with E-state index in [1.54, 1.807) is 30.6 Å². The third-order valence-electron chi connectivity index (χ3n) is 4.89. The van der Waals surface area contributed by atoms with Crippen molar-refractivity contribution in [1.82, 2.24) is 14.1 Å². The first kappa shape index (κ1) is 21.0. The lowest BCUT2D eigenvalue weighted by molar-refractivity contribution is -0.115. The van der Waals surface area contributed by atoms with Crippen molar-refractivity contribution in [3.8, 4) is 11.3 Å². The smallest absolute Gasteiger partial charge is 0.302 e. The molecule has 1 N–H and O–H groups in total. The van der Waals surface area contributed by atoms with Crippen LogP contribution in [0.5, 0.6) is 0 Å². The monoisotopic (exact) mass is 458 g/mol. The first-order valence-electron chi connectivity index (χ1n) is 9.14. The molecule has 31 heavy (non-hydrogen) atoms. The van der Waals surface area contributed by atoms with Gasteiger partial charge in [-0.3, -0.25) is 18.7 Å². The Bertz CT molecular complexity index is 1460. The zero-order valence-electron chi connectivity index (χ0n) is 16.5. The Labute approximate surface area is 184 Å². The van der Waals surface area contributed by atoms with Gasteiger partial charge in [-0.1, -0.05) is 23.7 Å². The fourth-order valence-electron chi connectivity index (χ4n) is 3.33. The molecular weight excluding hydrogens is 443 g/mol. The molecule has 1 amide bonds. The third kappa shape index (κ3) is 3.89. The van der Waals surface area contributed by atoms with Crippen LogP contribution in [0.4, 0.5) is 9.52 Å². The summed E-state index contributed by atoms with van der Waals surface area (Å²) in [6.07, 6.45) is -0.0724. The van der Waals surface area contributed by atoms with Gasteiger partial charge in [0.25, 0.3) is 5.56 Å². The average molecular weight is 459 g/mol. The SMILES string of the molecule is Cn1c(=O)c2c(CC(=O)Nc3nc(-c4ccc(F)cc4Cl)cs3)cccc2n(C)c1=O. The Morgan fingerprint density at radius 2 is 1.97 bits per heavy atom. The van der Waals surface area contributed by atoms with Crippen molar-refractivity contribution in [2.45, 2.75) is 6.42 Å². The Hall–Kier alpha value is -3.30. The van der Waals surface area contributed by atoms with Crippen molar-refractivity contribution in [1.29, 1.82) is 0 Å². The Balaban J connectivity index is 1.61. The van der Waals surface area contributed by atoms with Gasteiger partial charge < -0.3 is 5.32 Å². The van der Waals surface area contributed by atoms with Gasteiger partial charge in [-0.2, -0.15) is 0 Å². The Morgan fingerprint density at radius 1 is 1.19 bits per heavy atom. The second-order valence-electron chi connectivity index (χ2n) is 6.90. The molecule has 0 fully saturated rings. The summed E-state index contributed by atoms with van der Waals surface area (Å²) in [6, 6.07) is 9.05. The highest BCUT2D eigenvalue weighted by Gasteiger charge is 2.16. The number of halogens is 2. The molecule has 4 aromatic rings. The van der Waals surface area contributed by atoms with E-state index < -0.39 is 17.1 Å². The van der Waals surface area contributed by atoms with Crippen LogP contribution >= 0.6 is 22.9 Å². The number of rotatable bonds is 4. The average Bonchev–Trinajstić information content (AvgIpc) is 3.18. The van der Waals surface area contributed by atoms with Crippen LogP contribution in [0.1, 0.15) is 5.56 Å². The number of benzene rings is 2. The highest BCUT2D eigenvalue weighted by atomic mass is 35.5. The number of nitrogens with zero attached hydrogens (tertiary/aromatic N) is 3. The minimum Gasteiger partial charge on any atom is -0.302 e. The number of nitrogens with one attached hydrogen (secondary N) is 1. The highest BCUT2D eigenvalue weighted by Crippen LogP contribution is 2.31. The van der Waals surface area contributed by atoms with E-state index >= 15 is 0 Å².